The lowest BCUT2D eigenvalue weighted by Crippen LogP contribution is -2.18. The van der Waals surface area contributed by atoms with E-state index >= 15 is 0 Å². The molecule has 0 aromatic heterocycles. The predicted molar refractivity (Wildman–Crippen MR) is 47.6 cm³/mol. The molecule has 0 fully saturated rings. The molecule has 1 rings (SSSR count). The van der Waals surface area contributed by atoms with Crippen molar-refractivity contribution in [2.24, 2.45) is 5.10 Å². The predicted octanol–water partition coefficient (Wildman–Crippen LogP) is 0.328. The first-order valence-electron chi connectivity index (χ1n) is 3.94. The largest absolute Gasteiger partial charge is 0.390 e. The highest BCUT2D eigenvalue weighted by atomic mass is 16.2. The quantitative estimate of drug-likeness (QED) is 0.602. The van der Waals surface area contributed by atoms with Crippen LogP contribution in [0, 0.1) is 0 Å². The Hall–Kier alpha value is -1.32. The third kappa shape index (κ3) is 1.47. The summed E-state index contributed by atoms with van der Waals surface area (Å²) in [6.07, 6.45) is 1.71. The Morgan fingerprint density at radius 3 is 2.75 bits per heavy atom. The fourth-order valence-electron chi connectivity index (χ4n) is 1.02. The van der Waals surface area contributed by atoms with Gasteiger partial charge in [-0.3, -0.25) is 4.79 Å². The fourth-order valence-corrected chi connectivity index (χ4v) is 1.02. The summed E-state index contributed by atoms with van der Waals surface area (Å²) in [4.78, 5) is 11.3. The van der Waals surface area contributed by atoms with Crippen molar-refractivity contribution in [2.45, 2.75) is 13.8 Å². The Labute approximate surface area is 71.9 Å². The van der Waals surface area contributed by atoms with Crippen LogP contribution in [0.15, 0.2) is 16.9 Å². The van der Waals surface area contributed by atoms with Crippen LogP contribution in [0.25, 0.3) is 0 Å². The van der Waals surface area contributed by atoms with E-state index in [0.717, 1.165) is 12.3 Å². The van der Waals surface area contributed by atoms with Crippen LogP contribution < -0.4 is 5.32 Å². The molecule has 12 heavy (non-hydrogen) atoms. The maximum absolute atomic E-state index is 11.3. The molecule has 0 radical (unpaired) electrons. The summed E-state index contributed by atoms with van der Waals surface area (Å²) < 4.78 is 0. The molecule has 1 aliphatic heterocycles. The van der Waals surface area contributed by atoms with Gasteiger partial charge in [-0.05, 0) is 13.8 Å². The minimum absolute atomic E-state index is 0.0477. The molecule has 0 aromatic carbocycles. The van der Waals surface area contributed by atoms with E-state index in [9.17, 15) is 4.79 Å². The molecule has 0 saturated carbocycles. The van der Waals surface area contributed by atoms with Crippen LogP contribution in [0.4, 0.5) is 0 Å². The number of nitrogens with zero attached hydrogens (tertiary/aromatic N) is 2. The molecule has 1 aliphatic rings. The molecule has 4 nitrogen and oxygen atoms in total. The Kier molecular flexibility index (Phi) is 2.47. The number of nitrogens with one attached hydrogen (secondary N) is 1. The first-order chi connectivity index (χ1) is 5.66. The van der Waals surface area contributed by atoms with Crippen LogP contribution in [0.3, 0.4) is 0 Å². The first kappa shape index (κ1) is 8.77. The van der Waals surface area contributed by atoms with Gasteiger partial charge in [0.1, 0.15) is 0 Å². The van der Waals surface area contributed by atoms with Crippen LogP contribution in [-0.2, 0) is 4.79 Å². The van der Waals surface area contributed by atoms with E-state index in [-0.39, 0.29) is 5.91 Å². The second-order valence-corrected chi connectivity index (χ2v) is 2.63. The highest BCUT2D eigenvalue weighted by Gasteiger charge is 2.23. The van der Waals surface area contributed by atoms with Gasteiger partial charge in [0.15, 0.2) is 0 Å². The van der Waals surface area contributed by atoms with Crippen molar-refractivity contribution < 1.29 is 4.79 Å². The monoisotopic (exact) mass is 167 g/mol. The molecule has 0 saturated heterocycles. The van der Waals surface area contributed by atoms with E-state index in [4.69, 9.17) is 0 Å². The third-order valence-electron chi connectivity index (χ3n) is 1.66. The number of carbonyl (C=O) groups is 1. The van der Waals surface area contributed by atoms with E-state index in [1.807, 2.05) is 13.8 Å². The van der Waals surface area contributed by atoms with Crippen molar-refractivity contribution in [3.8, 4) is 0 Å². The highest BCUT2D eigenvalue weighted by molar-refractivity contribution is 6.23. The van der Waals surface area contributed by atoms with Crippen LogP contribution in [-0.4, -0.2) is 30.2 Å². The van der Waals surface area contributed by atoms with Gasteiger partial charge in [-0.2, -0.15) is 5.10 Å². The number of rotatable bonds is 2. The molecule has 1 amide bonds. The number of hydrazone groups is 1. The molecule has 0 bridgehead atoms. The van der Waals surface area contributed by atoms with Crippen LogP contribution >= 0.6 is 0 Å². The zero-order chi connectivity index (χ0) is 9.14. The standard InChI is InChI=1S/C8H13N3O/c1-4-9-5-7-6(2)10-11(3)8(7)12/h5,9H,4H2,1-3H3/b7-5-. The lowest BCUT2D eigenvalue weighted by atomic mass is 10.2. The van der Waals surface area contributed by atoms with Gasteiger partial charge < -0.3 is 5.32 Å². The lowest BCUT2D eigenvalue weighted by molar-refractivity contribution is -0.124. The van der Waals surface area contributed by atoms with Crippen LogP contribution in [0.2, 0.25) is 0 Å². The van der Waals surface area contributed by atoms with E-state index in [1.165, 1.54) is 5.01 Å². The van der Waals surface area contributed by atoms with E-state index < -0.39 is 0 Å². The molecule has 0 spiro atoms. The van der Waals surface area contributed by atoms with Gasteiger partial charge in [-0.1, -0.05) is 0 Å². The molecule has 1 N–H and O–H groups in total. The fraction of sp³-hybridized carbons (Fsp3) is 0.500. The minimum atomic E-state index is -0.0477. The van der Waals surface area contributed by atoms with Gasteiger partial charge in [0.2, 0.25) is 0 Å². The summed E-state index contributed by atoms with van der Waals surface area (Å²) in [5.41, 5.74) is 1.42. The number of likely N-dealkylation sites (N-methyl/N-ethyl adjacent to an activating group) is 1. The molecule has 0 aromatic rings. The van der Waals surface area contributed by atoms with E-state index in [2.05, 4.69) is 10.4 Å². The lowest BCUT2D eigenvalue weighted by Gasteiger charge is -2.01. The van der Waals surface area contributed by atoms with Crippen molar-refractivity contribution >= 4 is 11.6 Å². The average molecular weight is 167 g/mol. The topological polar surface area (TPSA) is 44.7 Å². The maximum atomic E-state index is 11.3. The Balaban J connectivity index is 2.79. The minimum Gasteiger partial charge on any atom is -0.390 e. The zero-order valence-electron chi connectivity index (χ0n) is 7.59. The zero-order valence-corrected chi connectivity index (χ0v) is 7.59. The van der Waals surface area contributed by atoms with Crippen molar-refractivity contribution in [1.29, 1.82) is 0 Å². The summed E-state index contributed by atoms with van der Waals surface area (Å²) in [7, 11) is 1.65. The molecule has 0 atom stereocenters. The SMILES string of the molecule is CCN/C=C1\C(=O)N(C)N=C1C. The van der Waals surface area contributed by atoms with E-state index in [1.54, 1.807) is 13.2 Å². The second-order valence-electron chi connectivity index (χ2n) is 2.63. The number of amides is 1. The normalized spacial score (nSPS) is 20.2. The van der Waals surface area contributed by atoms with E-state index in [0.29, 0.717) is 5.57 Å². The molecular weight excluding hydrogens is 154 g/mol. The average Bonchev–Trinajstić information content (AvgIpc) is 2.25. The molecule has 1 heterocycles. The molecule has 0 unspecified atom stereocenters. The summed E-state index contributed by atoms with van der Waals surface area (Å²) in [6.45, 7) is 4.62. The maximum Gasteiger partial charge on any atom is 0.277 e. The molecule has 66 valence electrons. The molecular formula is C8H13N3O. The van der Waals surface area contributed by atoms with Crippen LogP contribution in [0.1, 0.15) is 13.8 Å². The molecule has 0 aliphatic carbocycles. The Morgan fingerprint density at radius 2 is 2.33 bits per heavy atom. The number of carbonyl (C=O) groups excluding carboxylic acids is 1. The smallest absolute Gasteiger partial charge is 0.277 e. The highest BCUT2D eigenvalue weighted by Crippen LogP contribution is 2.11. The summed E-state index contributed by atoms with van der Waals surface area (Å²) >= 11 is 0. The number of hydrogen-bond acceptors (Lipinski definition) is 3. The number of hydrogen-bond donors (Lipinski definition) is 1. The van der Waals surface area contributed by atoms with Crippen LogP contribution in [0.5, 0.6) is 0 Å². The Bertz CT molecular complexity index is 255. The van der Waals surface area contributed by atoms with Gasteiger partial charge in [0.25, 0.3) is 5.91 Å². The first-order valence-corrected chi connectivity index (χ1v) is 3.94. The van der Waals surface area contributed by atoms with Gasteiger partial charge in [0.05, 0.1) is 11.3 Å². The summed E-state index contributed by atoms with van der Waals surface area (Å²) in [6, 6.07) is 0. The summed E-state index contributed by atoms with van der Waals surface area (Å²) in [5, 5.41) is 8.32. The van der Waals surface area contributed by atoms with Crippen molar-refractivity contribution in [2.75, 3.05) is 13.6 Å². The Morgan fingerprint density at radius 1 is 1.67 bits per heavy atom. The molecule has 4 heteroatoms. The van der Waals surface area contributed by atoms with Crippen molar-refractivity contribution in [1.82, 2.24) is 10.3 Å². The van der Waals surface area contributed by atoms with Gasteiger partial charge >= 0.3 is 0 Å². The third-order valence-corrected chi connectivity index (χ3v) is 1.66. The summed E-state index contributed by atoms with van der Waals surface area (Å²) in [5.74, 6) is -0.0477. The van der Waals surface area contributed by atoms with Crippen molar-refractivity contribution in [3.63, 3.8) is 0 Å². The second kappa shape index (κ2) is 3.38. The van der Waals surface area contributed by atoms with Gasteiger partial charge in [-0.15, -0.1) is 0 Å². The van der Waals surface area contributed by atoms with Gasteiger partial charge in [0, 0.05) is 19.8 Å². The van der Waals surface area contributed by atoms with Gasteiger partial charge in [-0.25, -0.2) is 5.01 Å². The van der Waals surface area contributed by atoms with Crippen molar-refractivity contribution in [3.05, 3.63) is 11.8 Å².